The van der Waals surface area contributed by atoms with E-state index in [1.807, 2.05) is 89.2 Å². The first-order valence-corrected chi connectivity index (χ1v) is 48.6. The molecule has 0 amide bonds. The molecule has 0 N–H and O–H groups in total. The molecule has 9 unspecified atom stereocenters. The maximum Gasteiger partial charge on any atom is 0.573 e. The Kier molecular flexibility index (Phi) is 38.7. The highest BCUT2D eigenvalue weighted by Crippen LogP contribution is 2.44. The Morgan fingerprint density at radius 2 is 0.654 bits per heavy atom. The molecule has 0 fully saturated rings. The summed E-state index contributed by atoms with van der Waals surface area (Å²) >= 11 is 0. The molecule has 0 spiro atoms. The van der Waals surface area contributed by atoms with Crippen LogP contribution in [0.2, 0.25) is 0 Å². The summed E-state index contributed by atoms with van der Waals surface area (Å²) in [6.07, 6.45) is 15.6. The normalized spacial score (nSPS) is 20.5. The van der Waals surface area contributed by atoms with Gasteiger partial charge in [-0.3, -0.25) is 0 Å². The lowest BCUT2D eigenvalue weighted by Crippen LogP contribution is -2.21. The molecule has 9 aliphatic carbocycles. The van der Waals surface area contributed by atoms with Gasteiger partial charge in [0.15, 0.2) is 0 Å². The van der Waals surface area contributed by atoms with Crippen LogP contribution in [0.4, 0.5) is 65.9 Å². The average molecular weight is 1860 g/mol. The highest BCUT2D eigenvalue weighted by Gasteiger charge is 2.38. The van der Waals surface area contributed by atoms with E-state index in [-0.39, 0.29) is 30.7 Å². The zero-order chi connectivity index (χ0) is 97.2. The van der Waals surface area contributed by atoms with Crippen molar-refractivity contribution in [2.75, 3.05) is 6.86 Å². The number of hydrogen-bond acceptors (Lipinski definition) is 3. The molecule has 9 atom stereocenters. The molecule has 133 heavy (non-hydrogen) atoms. The van der Waals surface area contributed by atoms with Crippen LogP contribution in [0.1, 0.15) is 299 Å². The number of halogens is 15. The molecule has 18 heteroatoms. The number of rotatable bonds is 8. The fraction of sp³-hybridized carbons (Fsp3) is 0.530. The van der Waals surface area contributed by atoms with Crippen LogP contribution < -0.4 is 14.2 Å². The van der Waals surface area contributed by atoms with Gasteiger partial charge in [0.25, 0.3) is 6.43 Å². The smallest absolute Gasteiger partial charge is 0.462 e. The van der Waals surface area contributed by atoms with E-state index in [2.05, 4.69) is 115 Å². The fourth-order valence-corrected chi connectivity index (χ4v) is 21.3. The molecule has 0 aliphatic heterocycles. The summed E-state index contributed by atoms with van der Waals surface area (Å²) in [5.74, 6) is 7.10. The van der Waals surface area contributed by atoms with Gasteiger partial charge in [-0.15, -0.1) is 13.2 Å². The lowest BCUT2D eigenvalue weighted by Gasteiger charge is -2.26. The lowest BCUT2D eigenvalue weighted by molar-refractivity contribution is -0.275. The third-order valence-electron chi connectivity index (χ3n) is 28.8. The lowest BCUT2D eigenvalue weighted by atomic mass is 9.81. The van der Waals surface area contributed by atoms with Gasteiger partial charge in [-0.2, -0.15) is 22.0 Å². The number of aryl methyl sites for hydroxylation is 11. The first-order chi connectivity index (χ1) is 62.9. The van der Waals surface area contributed by atoms with Crippen molar-refractivity contribution in [3.63, 3.8) is 0 Å². The summed E-state index contributed by atoms with van der Waals surface area (Å²) in [6.45, 7) is 32.4. The molecule has 18 rings (SSSR count). The summed E-state index contributed by atoms with van der Waals surface area (Å²) < 4.78 is 205. The molecular formula is C115H143F15O3. The second-order valence-electron chi connectivity index (χ2n) is 40.5. The molecule has 0 saturated heterocycles. The van der Waals surface area contributed by atoms with E-state index in [0.717, 1.165) is 253 Å². The Bertz CT molecular complexity index is 5350. The van der Waals surface area contributed by atoms with Crippen molar-refractivity contribution in [2.24, 2.45) is 53.3 Å². The Hall–Kier alpha value is -8.67. The minimum atomic E-state index is -4.61. The molecule has 9 aromatic carbocycles. The first kappa shape index (κ1) is 106. The molecule has 9 aromatic rings. The van der Waals surface area contributed by atoms with E-state index in [1.54, 1.807) is 39.0 Å². The molecule has 0 saturated carbocycles. The molecule has 0 radical (unpaired) electrons. The number of ether oxygens (including phenoxy) is 3. The van der Waals surface area contributed by atoms with Crippen LogP contribution in [0, 0.1) is 127 Å². The summed E-state index contributed by atoms with van der Waals surface area (Å²) in [4.78, 5) is 0. The van der Waals surface area contributed by atoms with Crippen LogP contribution in [0.5, 0.6) is 17.2 Å². The predicted octanol–water partition coefficient (Wildman–Crippen LogP) is 33.1. The van der Waals surface area contributed by atoms with E-state index in [0.29, 0.717) is 70.4 Å². The summed E-state index contributed by atoms with van der Waals surface area (Å²) in [5, 5.41) is 0. The van der Waals surface area contributed by atoms with Gasteiger partial charge in [-0.25, -0.2) is 30.7 Å². The van der Waals surface area contributed by atoms with Crippen molar-refractivity contribution in [2.45, 2.75) is 337 Å². The maximum absolute atomic E-state index is 13.6. The van der Waals surface area contributed by atoms with Crippen molar-refractivity contribution in [1.82, 2.24) is 0 Å². The van der Waals surface area contributed by atoms with E-state index in [4.69, 9.17) is 4.74 Å². The highest BCUT2D eigenvalue weighted by molar-refractivity contribution is 5.52. The van der Waals surface area contributed by atoms with E-state index >= 15 is 0 Å². The molecule has 0 bridgehead atoms. The monoisotopic (exact) mass is 1860 g/mol. The van der Waals surface area contributed by atoms with Crippen LogP contribution in [0.3, 0.4) is 0 Å². The van der Waals surface area contributed by atoms with E-state index < -0.39 is 38.0 Å². The Morgan fingerprint density at radius 1 is 0.316 bits per heavy atom. The maximum atomic E-state index is 13.6. The quantitative estimate of drug-likeness (QED) is 0.142. The minimum absolute atomic E-state index is 0.00144. The van der Waals surface area contributed by atoms with Gasteiger partial charge in [0.05, 0.1) is 5.56 Å². The molecule has 0 aromatic heterocycles. The summed E-state index contributed by atoms with van der Waals surface area (Å²) in [6, 6.07) is 35.3. The molecule has 3 nitrogen and oxygen atoms in total. The van der Waals surface area contributed by atoms with Crippen LogP contribution >= 0.6 is 0 Å². The standard InChI is InChI=1S/C13H15F3O.C13H15F3.C13H16F2O.C13H16F2.C13H17FO.2C13H17F.2C12H15F/c1-8-3-6-11-10(7-8)5-4-9(2)12(11)17-13(14,15)16;1-8-3-6-11-10(7-8)5-4-9(2)12(11)13(14,15)16;1-8-3-6-11-10(7-8)5-4-9(2)12(11)16-13(14)15;1-8-3-6-11-10(7-8)5-4-9(2)12(11)13(14)15;1-9-3-6-12-11(7-9)5-4-10(2)13(12)15-8-14;1-9-3-6-12-11(7-9)5-4-10(2)13(12)8-14;1-9-3-4-11-5-10(2)6-12(8-14)13(11)7-9;1-8-3-6-11-10(7-8)5-4-9(2)12(11)13;1-8-3-4-10-5-9(2)7-12(13)11(10)6-8/h4-5,8H,3,6-7H2,1-2H3;4-5,8H,3,6-7H2,1-2H3;4-5,8,13H,3,6-7H2,1-2H3;4-5,8,13H,3,6-7H2,1-2H3;4-5,9H,3,6-8H2,1-2H3;4-5,9H,3,6-8H2,1-2H3;5-6,9H,3-4,7-8H2,1-2H3;4-5,8H,3,6-7H2,1-2H3;5,7-8H,3-4,6H2,1-2H3. The summed E-state index contributed by atoms with van der Waals surface area (Å²) in [5.41, 5.74) is 29.0. The Labute approximate surface area is 783 Å². The molecule has 0 heterocycles. The number of benzene rings is 9. The Morgan fingerprint density at radius 3 is 1.10 bits per heavy atom. The van der Waals surface area contributed by atoms with Crippen LogP contribution in [0.15, 0.2) is 109 Å². The van der Waals surface area contributed by atoms with E-state index in [9.17, 15) is 65.9 Å². The number of fused-ring (bicyclic) bond motifs is 9. The zero-order valence-electron chi connectivity index (χ0n) is 81.9. The fourth-order valence-electron chi connectivity index (χ4n) is 21.3. The Balaban J connectivity index is 0.000000155. The molecule has 9 aliphatic rings. The van der Waals surface area contributed by atoms with Crippen molar-refractivity contribution in [1.29, 1.82) is 0 Å². The van der Waals surface area contributed by atoms with Crippen molar-refractivity contribution >= 4 is 0 Å². The van der Waals surface area contributed by atoms with Gasteiger partial charge < -0.3 is 14.2 Å². The van der Waals surface area contributed by atoms with Crippen LogP contribution in [0.25, 0.3) is 0 Å². The SMILES string of the molecule is Cc1cc(CF)c2c(c1)CCC(C)C2.Cc1cc(F)c2c(c1)CCC(C)C2.Cc1ccc2c(c1C(F)(F)F)CCC(C)C2.Cc1ccc2c(c1C(F)F)CCC(C)C2.Cc1ccc2c(c1CF)CCC(C)C2.Cc1ccc2c(c1F)CCC(C)C2.Cc1ccc2c(c1OC(F)(F)F)CCC(C)C2.Cc1ccc2c(c1OC(F)F)CCC(C)C2.Cc1ccc2c(c1OCF)CCC(C)C2. The van der Waals surface area contributed by atoms with Gasteiger partial charge in [0, 0.05) is 5.56 Å². The van der Waals surface area contributed by atoms with Gasteiger partial charge in [-0.05, 0) is 451 Å². The van der Waals surface area contributed by atoms with Crippen LogP contribution in [-0.2, 0) is 135 Å². The summed E-state index contributed by atoms with van der Waals surface area (Å²) in [7, 11) is 0. The second kappa shape index (κ2) is 48.4. The topological polar surface area (TPSA) is 27.7 Å². The van der Waals surface area contributed by atoms with E-state index in [1.165, 1.54) is 81.3 Å². The second-order valence-corrected chi connectivity index (χ2v) is 40.5. The number of alkyl halides is 13. The van der Waals surface area contributed by atoms with Crippen molar-refractivity contribution in [3.8, 4) is 17.2 Å². The van der Waals surface area contributed by atoms with Crippen molar-refractivity contribution in [3.05, 3.63) is 293 Å². The highest BCUT2D eigenvalue weighted by atomic mass is 19.4. The van der Waals surface area contributed by atoms with Gasteiger partial charge >= 0.3 is 19.2 Å². The molecular weight excluding hydrogens is 1710 g/mol. The third-order valence-corrected chi connectivity index (χ3v) is 28.8. The number of hydrogen-bond donors (Lipinski definition) is 0. The largest absolute Gasteiger partial charge is 0.573 e. The first-order valence-electron chi connectivity index (χ1n) is 48.6. The van der Waals surface area contributed by atoms with Crippen molar-refractivity contribution < 1.29 is 80.1 Å². The average Bonchev–Trinajstić information content (AvgIpc) is 0.774. The minimum Gasteiger partial charge on any atom is -0.462 e. The van der Waals surface area contributed by atoms with Gasteiger partial charge in [0.2, 0.25) is 6.86 Å². The van der Waals surface area contributed by atoms with Gasteiger partial charge in [0.1, 0.15) is 42.2 Å². The zero-order valence-corrected chi connectivity index (χ0v) is 81.9. The third kappa shape index (κ3) is 29.2. The van der Waals surface area contributed by atoms with Gasteiger partial charge in [-0.1, -0.05) is 171 Å². The predicted molar refractivity (Wildman–Crippen MR) is 511 cm³/mol. The molecule has 726 valence electrons. The van der Waals surface area contributed by atoms with Crippen LogP contribution in [-0.4, -0.2) is 19.8 Å².